The molecule has 2 aromatic carbocycles. The fourth-order valence-corrected chi connectivity index (χ4v) is 5.46. The summed E-state index contributed by atoms with van der Waals surface area (Å²) in [6.07, 6.45) is 5.84. The number of hydrogen-bond acceptors (Lipinski definition) is 8. The standard InChI is InChI=1S/C32H24FN9O3S/c1-46(44,45)36-15-18-11-20(13-22(33)12-18)27-28-25(9-10-35-27)39-31(40-28)30-29-26(41-42-30)8-7-24(38-29)21-14-23(17-34-16-21)37-32(43)19-5-3-2-4-6-19/h2-14,16-17,36H,15H2,1H3,(H,37,43)(H,39,40)(H,41,42). The van der Waals surface area contributed by atoms with Gasteiger partial charge < -0.3 is 10.3 Å². The summed E-state index contributed by atoms with van der Waals surface area (Å²) in [6.45, 7) is -0.0729. The number of rotatable bonds is 8. The predicted octanol–water partition coefficient (Wildman–Crippen LogP) is 5.07. The van der Waals surface area contributed by atoms with Crippen molar-refractivity contribution >= 4 is 43.7 Å². The van der Waals surface area contributed by atoms with Gasteiger partial charge in [0, 0.05) is 35.6 Å². The van der Waals surface area contributed by atoms with E-state index in [-0.39, 0.29) is 12.5 Å². The zero-order valence-electron chi connectivity index (χ0n) is 24.1. The predicted molar refractivity (Wildman–Crippen MR) is 171 cm³/mol. The molecule has 7 aromatic rings. The third-order valence-corrected chi connectivity index (χ3v) is 7.80. The fourth-order valence-electron chi connectivity index (χ4n) is 5.03. The minimum absolute atomic E-state index is 0.0729. The zero-order valence-corrected chi connectivity index (χ0v) is 24.9. The van der Waals surface area contributed by atoms with Gasteiger partial charge in [-0.25, -0.2) is 27.5 Å². The van der Waals surface area contributed by atoms with E-state index >= 15 is 0 Å². The van der Waals surface area contributed by atoms with Gasteiger partial charge in [0.05, 0.1) is 40.6 Å². The van der Waals surface area contributed by atoms with Gasteiger partial charge >= 0.3 is 0 Å². The Morgan fingerprint density at radius 2 is 1.72 bits per heavy atom. The van der Waals surface area contributed by atoms with Gasteiger partial charge in [-0.05, 0) is 60.2 Å². The van der Waals surface area contributed by atoms with E-state index in [0.29, 0.717) is 72.9 Å². The summed E-state index contributed by atoms with van der Waals surface area (Å²) in [5.74, 6) is -0.373. The molecule has 0 fully saturated rings. The first-order valence-electron chi connectivity index (χ1n) is 14.0. The first-order chi connectivity index (χ1) is 22.2. The first-order valence-corrected chi connectivity index (χ1v) is 15.9. The molecule has 228 valence electrons. The summed E-state index contributed by atoms with van der Waals surface area (Å²) >= 11 is 0. The van der Waals surface area contributed by atoms with Crippen molar-refractivity contribution in [3.8, 4) is 34.0 Å². The Morgan fingerprint density at radius 1 is 0.891 bits per heavy atom. The summed E-state index contributed by atoms with van der Waals surface area (Å²) in [7, 11) is -3.47. The van der Waals surface area contributed by atoms with Crippen molar-refractivity contribution in [3.05, 3.63) is 108 Å². The molecule has 4 N–H and O–H groups in total. The Hall–Kier alpha value is -5.86. The normalized spacial score (nSPS) is 11.7. The lowest BCUT2D eigenvalue weighted by Gasteiger charge is -2.07. The number of carbonyl (C=O) groups is 1. The molecule has 5 aromatic heterocycles. The van der Waals surface area contributed by atoms with Crippen LogP contribution in [0.3, 0.4) is 0 Å². The number of halogens is 1. The molecule has 14 heteroatoms. The molecular weight excluding hydrogens is 609 g/mol. The van der Waals surface area contributed by atoms with Crippen molar-refractivity contribution in [2.75, 3.05) is 11.6 Å². The molecule has 0 unspecified atom stereocenters. The van der Waals surface area contributed by atoms with Gasteiger partial charge in [0.25, 0.3) is 5.91 Å². The van der Waals surface area contributed by atoms with Gasteiger partial charge in [-0.1, -0.05) is 18.2 Å². The van der Waals surface area contributed by atoms with Gasteiger partial charge in [0.1, 0.15) is 16.9 Å². The maximum Gasteiger partial charge on any atom is 0.255 e. The lowest BCUT2D eigenvalue weighted by atomic mass is 10.1. The molecule has 0 radical (unpaired) electrons. The third-order valence-electron chi connectivity index (χ3n) is 7.13. The van der Waals surface area contributed by atoms with Crippen LogP contribution in [0.15, 0.2) is 91.4 Å². The number of carbonyl (C=O) groups excluding carboxylic acids is 1. The number of pyridine rings is 3. The number of amides is 1. The Balaban J connectivity index is 1.22. The third kappa shape index (κ3) is 5.94. The maximum absolute atomic E-state index is 14.6. The van der Waals surface area contributed by atoms with E-state index in [1.807, 2.05) is 18.2 Å². The Labute approximate surface area is 261 Å². The van der Waals surface area contributed by atoms with E-state index in [4.69, 9.17) is 9.97 Å². The molecule has 1 amide bonds. The minimum Gasteiger partial charge on any atom is -0.336 e. The summed E-state index contributed by atoms with van der Waals surface area (Å²) in [5.41, 5.74) is 6.41. The monoisotopic (exact) mass is 633 g/mol. The second-order valence-corrected chi connectivity index (χ2v) is 12.4. The molecular formula is C32H24FN9O3S. The molecule has 0 bridgehead atoms. The van der Waals surface area contributed by atoms with E-state index in [1.54, 1.807) is 61.1 Å². The maximum atomic E-state index is 14.6. The van der Waals surface area contributed by atoms with Gasteiger partial charge in [-0.15, -0.1) is 0 Å². The molecule has 5 heterocycles. The van der Waals surface area contributed by atoms with Crippen LogP contribution >= 0.6 is 0 Å². The number of aromatic nitrogens is 7. The Morgan fingerprint density at radius 3 is 2.54 bits per heavy atom. The number of aromatic amines is 2. The SMILES string of the molecule is CS(=O)(=O)NCc1cc(F)cc(-c2nccc3[nH]c(-c4n[nH]c5ccc(-c6cncc(NC(=O)c7ccccc7)c6)nc45)nc23)c1. The van der Waals surface area contributed by atoms with Crippen molar-refractivity contribution in [1.29, 1.82) is 0 Å². The molecule has 12 nitrogen and oxygen atoms in total. The number of fused-ring (bicyclic) bond motifs is 2. The van der Waals surface area contributed by atoms with Crippen LogP contribution in [0.2, 0.25) is 0 Å². The van der Waals surface area contributed by atoms with E-state index in [2.05, 4.69) is 35.2 Å². The molecule has 0 aliphatic heterocycles. The van der Waals surface area contributed by atoms with Crippen LogP contribution in [-0.4, -0.2) is 55.7 Å². The van der Waals surface area contributed by atoms with E-state index in [1.165, 1.54) is 12.1 Å². The van der Waals surface area contributed by atoms with Crippen molar-refractivity contribution in [2.45, 2.75) is 6.54 Å². The highest BCUT2D eigenvalue weighted by Gasteiger charge is 2.18. The molecule has 0 saturated heterocycles. The molecule has 7 rings (SSSR count). The molecule has 46 heavy (non-hydrogen) atoms. The highest BCUT2D eigenvalue weighted by atomic mass is 32.2. The summed E-state index contributed by atoms with van der Waals surface area (Å²) < 4.78 is 40.1. The second-order valence-electron chi connectivity index (χ2n) is 10.5. The number of imidazole rings is 1. The number of hydrogen-bond donors (Lipinski definition) is 4. The lowest BCUT2D eigenvalue weighted by molar-refractivity contribution is 0.102. The average Bonchev–Trinajstić information content (AvgIpc) is 3.68. The molecule has 0 spiro atoms. The zero-order chi connectivity index (χ0) is 31.8. The fraction of sp³-hybridized carbons (Fsp3) is 0.0625. The first kappa shape index (κ1) is 28.9. The summed E-state index contributed by atoms with van der Waals surface area (Å²) in [4.78, 5) is 34.3. The van der Waals surface area contributed by atoms with Crippen molar-refractivity contribution in [1.82, 2.24) is 39.8 Å². The second kappa shape index (κ2) is 11.6. The van der Waals surface area contributed by atoms with Crippen molar-refractivity contribution in [3.63, 3.8) is 0 Å². The highest BCUT2D eigenvalue weighted by molar-refractivity contribution is 7.88. The number of H-pyrrole nitrogens is 2. The topological polar surface area (TPSA) is 171 Å². The van der Waals surface area contributed by atoms with Crippen LogP contribution in [0, 0.1) is 5.82 Å². The number of nitrogens with one attached hydrogen (secondary N) is 4. The number of sulfonamides is 1. The Bertz CT molecular complexity index is 2370. The van der Waals surface area contributed by atoms with Gasteiger partial charge in [-0.2, -0.15) is 5.10 Å². The van der Waals surface area contributed by atoms with E-state index < -0.39 is 15.8 Å². The van der Waals surface area contributed by atoms with Gasteiger partial charge in [-0.3, -0.25) is 19.9 Å². The van der Waals surface area contributed by atoms with Crippen molar-refractivity contribution in [2.24, 2.45) is 0 Å². The smallest absolute Gasteiger partial charge is 0.255 e. The minimum atomic E-state index is -3.47. The molecule has 0 aliphatic carbocycles. The van der Waals surface area contributed by atoms with Crippen LogP contribution in [0.1, 0.15) is 15.9 Å². The number of benzene rings is 2. The Kier molecular flexibility index (Phi) is 7.27. The lowest BCUT2D eigenvalue weighted by Crippen LogP contribution is -2.21. The molecule has 0 aliphatic rings. The molecule has 0 atom stereocenters. The molecule has 0 saturated carbocycles. The van der Waals surface area contributed by atoms with Crippen LogP contribution in [0.4, 0.5) is 10.1 Å². The average molecular weight is 634 g/mol. The van der Waals surface area contributed by atoms with Crippen LogP contribution in [0.5, 0.6) is 0 Å². The van der Waals surface area contributed by atoms with Gasteiger partial charge in [0.15, 0.2) is 11.5 Å². The largest absolute Gasteiger partial charge is 0.336 e. The number of anilines is 1. The van der Waals surface area contributed by atoms with E-state index in [0.717, 1.165) is 6.26 Å². The summed E-state index contributed by atoms with van der Waals surface area (Å²) in [5, 5.41) is 10.3. The van der Waals surface area contributed by atoms with Crippen LogP contribution in [0.25, 0.3) is 56.1 Å². The van der Waals surface area contributed by atoms with Crippen LogP contribution in [-0.2, 0) is 16.6 Å². The van der Waals surface area contributed by atoms with Crippen molar-refractivity contribution < 1.29 is 17.6 Å². The van der Waals surface area contributed by atoms with Gasteiger partial charge in [0.2, 0.25) is 10.0 Å². The highest BCUT2D eigenvalue weighted by Crippen LogP contribution is 2.32. The van der Waals surface area contributed by atoms with Crippen LogP contribution < -0.4 is 10.0 Å². The van der Waals surface area contributed by atoms with E-state index in [9.17, 15) is 17.6 Å². The quantitative estimate of drug-likeness (QED) is 0.180. The summed E-state index contributed by atoms with van der Waals surface area (Å²) in [6, 6.07) is 20.4. The number of nitrogens with zero attached hydrogens (tertiary/aromatic N) is 5.